The summed E-state index contributed by atoms with van der Waals surface area (Å²) in [4.78, 5) is 19.9. The van der Waals surface area contributed by atoms with E-state index in [0.29, 0.717) is 6.10 Å². The molecule has 0 spiro atoms. The zero-order chi connectivity index (χ0) is 14.8. The number of amides is 1. The molecule has 1 aromatic heterocycles. The number of imidazole rings is 1. The van der Waals surface area contributed by atoms with Crippen LogP contribution in [0.5, 0.6) is 0 Å². The molecule has 1 aromatic carbocycles. The average molecular weight is 287 g/mol. The summed E-state index contributed by atoms with van der Waals surface area (Å²) in [5.41, 5.74) is 2.70. The molecule has 5 heteroatoms. The van der Waals surface area contributed by atoms with Crippen LogP contribution >= 0.6 is 0 Å². The SMILES string of the molecule is COC1CCC(C(=O)Nc2ccc3nc(C)[nH]c3c2)CC1. The molecule has 1 heterocycles. The van der Waals surface area contributed by atoms with E-state index in [1.807, 2.05) is 25.1 Å². The topological polar surface area (TPSA) is 67.0 Å². The van der Waals surface area contributed by atoms with Crippen LogP contribution in [0.25, 0.3) is 11.0 Å². The minimum absolute atomic E-state index is 0.0931. The highest BCUT2D eigenvalue weighted by Crippen LogP contribution is 2.27. The lowest BCUT2D eigenvalue weighted by molar-refractivity contribution is -0.121. The number of fused-ring (bicyclic) bond motifs is 1. The summed E-state index contributed by atoms with van der Waals surface area (Å²) in [5, 5.41) is 3.02. The standard InChI is InChI=1S/C16H21N3O2/c1-10-17-14-8-5-12(9-15(14)18-10)19-16(20)11-3-6-13(21-2)7-4-11/h5,8-9,11,13H,3-4,6-7H2,1-2H3,(H,17,18)(H,19,20). The van der Waals surface area contributed by atoms with Gasteiger partial charge in [0.25, 0.3) is 0 Å². The molecule has 1 amide bonds. The van der Waals surface area contributed by atoms with Crippen molar-refractivity contribution in [1.29, 1.82) is 0 Å². The second-order valence-corrected chi connectivity index (χ2v) is 5.75. The lowest BCUT2D eigenvalue weighted by atomic mass is 9.87. The molecule has 0 unspecified atom stereocenters. The number of hydrogen-bond acceptors (Lipinski definition) is 3. The number of nitrogens with zero attached hydrogens (tertiary/aromatic N) is 1. The normalized spacial score (nSPS) is 22.4. The highest BCUT2D eigenvalue weighted by atomic mass is 16.5. The summed E-state index contributed by atoms with van der Waals surface area (Å²) in [5.74, 6) is 1.09. The number of aromatic nitrogens is 2. The average Bonchev–Trinajstić information content (AvgIpc) is 2.86. The predicted molar refractivity (Wildman–Crippen MR) is 82.2 cm³/mol. The van der Waals surface area contributed by atoms with Crippen LogP contribution in [-0.2, 0) is 9.53 Å². The molecule has 1 fully saturated rings. The maximum atomic E-state index is 12.3. The Balaban J connectivity index is 1.65. The van der Waals surface area contributed by atoms with Gasteiger partial charge in [-0.1, -0.05) is 0 Å². The van der Waals surface area contributed by atoms with E-state index in [1.165, 1.54) is 0 Å². The van der Waals surface area contributed by atoms with Crippen LogP contribution in [0, 0.1) is 12.8 Å². The molecule has 3 rings (SSSR count). The molecule has 0 saturated heterocycles. The molecule has 0 aliphatic heterocycles. The van der Waals surface area contributed by atoms with Gasteiger partial charge in [0.05, 0.1) is 17.1 Å². The van der Waals surface area contributed by atoms with Crippen molar-refractivity contribution in [2.75, 3.05) is 12.4 Å². The zero-order valence-corrected chi connectivity index (χ0v) is 12.5. The van der Waals surface area contributed by atoms with E-state index in [2.05, 4.69) is 15.3 Å². The van der Waals surface area contributed by atoms with Crippen LogP contribution in [0.3, 0.4) is 0 Å². The molecule has 5 nitrogen and oxygen atoms in total. The van der Waals surface area contributed by atoms with E-state index in [-0.39, 0.29) is 11.8 Å². The first-order valence-electron chi connectivity index (χ1n) is 7.45. The number of rotatable bonds is 3. The van der Waals surface area contributed by atoms with Gasteiger partial charge in [-0.15, -0.1) is 0 Å². The first kappa shape index (κ1) is 14.1. The number of hydrogen-bond donors (Lipinski definition) is 2. The smallest absolute Gasteiger partial charge is 0.227 e. The summed E-state index contributed by atoms with van der Waals surface area (Å²) in [6, 6.07) is 5.77. The maximum Gasteiger partial charge on any atom is 0.227 e. The molecule has 2 N–H and O–H groups in total. The molecule has 1 aliphatic rings. The summed E-state index contributed by atoms with van der Waals surface area (Å²) >= 11 is 0. The third kappa shape index (κ3) is 3.08. The van der Waals surface area contributed by atoms with Gasteiger partial charge in [0.1, 0.15) is 5.82 Å². The highest BCUT2D eigenvalue weighted by molar-refractivity contribution is 5.94. The fraction of sp³-hybridized carbons (Fsp3) is 0.500. The summed E-state index contributed by atoms with van der Waals surface area (Å²) in [6.45, 7) is 1.92. The number of benzene rings is 1. The second-order valence-electron chi connectivity index (χ2n) is 5.75. The van der Waals surface area contributed by atoms with Crippen LogP contribution in [0.15, 0.2) is 18.2 Å². The van der Waals surface area contributed by atoms with Crippen molar-refractivity contribution in [1.82, 2.24) is 9.97 Å². The molecule has 2 aromatic rings. The Hall–Kier alpha value is -1.88. The maximum absolute atomic E-state index is 12.3. The van der Waals surface area contributed by atoms with E-state index in [1.54, 1.807) is 7.11 Å². The fourth-order valence-corrected chi connectivity index (χ4v) is 3.02. The van der Waals surface area contributed by atoms with Crippen LogP contribution in [0.4, 0.5) is 5.69 Å². The van der Waals surface area contributed by atoms with E-state index in [4.69, 9.17) is 4.74 Å². The van der Waals surface area contributed by atoms with Crippen LogP contribution in [0.2, 0.25) is 0 Å². The van der Waals surface area contributed by atoms with Crippen molar-refractivity contribution in [3.8, 4) is 0 Å². The van der Waals surface area contributed by atoms with Crippen molar-refractivity contribution >= 4 is 22.6 Å². The van der Waals surface area contributed by atoms with E-state index in [0.717, 1.165) is 48.2 Å². The summed E-state index contributed by atoms with van der Waals surface area (Å²) in [6.07, 6.45) is 4.05. The molecule has 0 atom stereocenters. The molecular formula is C16H21N3O2. The molecule has 21 heavy (non-hydrogen) atoms. The number of anilines is 1. The number of nitrogens with one attached hydrogen (secondary N) is 2. The van der Waals surface area contributed by atoms with Gasteiger partial charge in [0, 0.05) is 18.7 Å². The lowest BCUT2D eigenvalue weighted by Crippen LogP contribution is -2.29. The van der Waals surface area contributed by atoms with Crippen molar-refractivity contribution in [2.45, 2.75) is 38.7 Å². The Kier molecular flexibility index (Phi) is 3.92. The third-order valence-corrected chi connectivity index (χ3v) is 4.25. The number of H-pyrrole nitrogens is 1. The van der Waals surface area contributed by atoms with Gasteiger partial charge in [-0.05, 0) is 50.8 Å². The summed E-state index contributed by atoms with van der Waals surface area (Å²) < 4.78 is 5.35. The molecule has 0 radical (unpaired) electrons. The van der Waals surface area contributed by atoms with Crippen molar-refractivity contribution in [3.63, 3.8) is 0 Å². The Morgan fingerprint density at radius 1 is 1.33 bits per heavy atom. The Morgan fingerprint density at radius 2 is 2.10 bits per heavy atom. The quantitative estimate of drug-likeness (QED) is 0.912. The number of ether oxygens (including phenoxy) is 1. The van der Waals surface area contributed by atoms with Gasteiger partial charge in [-0.3, -0.25) is 4.79 Å². The van der Waals surface area contributed by atoms with Crippen LogP contribution in [-0.4, -0.2) is 29.1 Å². The van der Waals surface area contributed by atoms with E-state index >= 15 is 0 Å². The molecule has 0 bridgehead atoms. The van der Waals surface area contributed by atoms with Gasteiger partial charge in [0.2, 0.25) is 5.91 Å². The van der Waals surface area contributed by atoms with Gasteiger partial charge >= 0.3 is 0 Å². The van der Waals surface area contributed by atoms with Crippen molar-refractivity contribution < 1.29 is 9.53 Å². The number of aromatic amines is 1. The van der Waals surface area contributed by atoms with E-state index < -0.39 is 0 Å². The Morgan fingerprint density at radius 3 is 2.81 bits per heavy atom. The highest BCUT2D eigenvalue weighted by Gasteiger charge is 2.26. The predicted octanol–water partition coefficient (Wildman–Crippen LogP) is 3.02. The van der Waals surface area contributed by atoms with E-state index in [9.17, 15) is 4.79 Å². The zero-order valence-electron chi connectivity index (χ0n) is 12.5. The second kappa shape index (κ2) is 5.85. The molecule has 1 saturated carbocycles. The number of carbonyl (C=O) groups is 1. The Bertz CT molecular complexity index is 642. The minimum atomic E-state index is 0.0931. The lowest BCUT2D eigenvalue weighted by Gasteiger charge is -2.26. The van der Waals surface area contributed by atoms with Crippen LogP contribution < -0.4 is 5.32 Å². The number of methoxy groups -OCH3 is 1. The van der Waals surface area contributed by atoms with Gasteiger partial charge < -0.3 is 15.0 Å². The first-order valence-corrected chi connectivity index (χ1v) is 7.45. The van der Waals surface area contributed by atoms with Gasteiger partial charge in [-0.2, -0.15) is 0 Å². The first-order chi connectivity index (χ1) is 10.2. The minimum Gasteiger partial charge on any atom is -0.381 e. The van der Waals surface area contributed by atoms with Crippen molar-refractivity contribution in [3.05, 3.63) is 24.0 Å². The summed E-state index contributed by atoms with van der Waals surface area (Å²) in [7, 11) is 1.74. The van der Waals surface area contributed by atoms with Gasteiger partial charge in [-0.25, -0.2) is 4.98 Å². The number of carbonyl (C=O) groups excluding carboxylic acids is 1. The monoisotopic (exact) mass is 287 g/mol. The fourth-order valence-electron chi connectivity index (χ4n) is 3.02. The Labute approximate surface area is 124 Å². The van der Waals surface area contributed by atoms with Crippen LogP contribution in [0.1, 0.15) is 31.5 Å². The van der Waals surface area contributed by atoms with Crippen molar-refractivity contribution in [2.24, 2.45) is 5.92 Å². The molecule has 1 aliphatic carbocycles. The number of aryl methyl sites for hydroxylation is 1. The third-order valence-electron chi connectivity index (χ3n) is 4.25. The van der Waals surface area contributed by atoms with Gasteiger partial charge in [0.15, 0.2) is 0 Å². The largest absolute Gasteiger partial charge is 0.381 e. The molecule has 112 valence electrons. The molecular weight excluding hydrogens is 266 g/mol.